The van der Waals surface area contributed by atoms with Crippen molar-refractivity contribution in [1.29, 1.82) is 0 Å². The van der Waals surface area contributed by atoms with E-state index in [0.29, 0.717) is 5.56 Å². The maximum absolute atomic E-state index is 12.0. The lowest BCUT2D eigenvalue weighted by molar-refractivity contribution is 0.0940. The number of hydrogen-bond acceptors (Lipinski definition) is 3. The molecule has 0 aromatic carbocycles. The molecule has 5 nitrogen and oxygen atoms in total. The zero-order chi connectivity index (χ0) is 11.7. The van der Waals surface area contributed by atoms with Crippen molar-refractivity contribution in [3.63, 3.8) is 0 Å². The van der Waals surface area contributed by atoms with E-state index in [4.69, 9.17) is 0 Å². The predicted octanol–water partition coefficient (Wildman–Crippen LogP) is 0.426. The smallest absolute Gasteiger partial charge is 0.251 e. The van der Waals surface area contributed by atoms with Crippen LogP contribution in [0.4, 0.5) is 0 Å². The van der Waals surface area contributed by atoms with E-state index in [1.165, 1.54) is 0 Å². The van der Waals surface area contributed by atoms with Crippen molar-refractivity contribution in [2.24, 2.45) is 0 Å². The summed E-state index contributed by atoms with van der Waals surface area (Å²) in [6.45, 7) is 1.84. The van der Waals surface area contributed by atoms with Crippen LogP contribution in [0.25, 0.3) is 5.52 Å². The van der Waals surface area contributed by atoms with Crippen molar-refractivity contribution in [3.8, 4) is 0 Å². The highest BCUT2D eigenvalue weighted by Gasteiger charge is 2.17. The van der Waals surface area contributed by atoms with Gasteiger partial charge in [0.2, 0.25) is 0 Å². The molecule has 1 aliphatic rings. The van der Waals surface area contributed by atoms with Gasteiger partial charge in [0.15, 0.2) is 0 Å². The number of pyridine rings is 1. The monoisotopic (exact) mass is 230 g/mol. The van der Waals surface area contributed by atoms with Crippen LogP contribution in [0, 0.1) is 0 Å². The van der Waals surface area contributed by atoms with Crippen molar-refractivity contribution in [2.45, 2.75) is 12.5 Å². The molecule has 2 aromatic rings. The van der Waals surface area contributed by atoms with Crippen LogP contribution in [-0.2, 0) is 0 Å². The molecule has 1 fully saturated rings. The maximum atomic E-state index is 12.0. The lowest BCUT2D eigenvalue weighted by Gasteiger charge is -2.11. The predicted molar refractivity (Wildman–Crippen MR) is 63.9 cm³/mol. The normalized spacial score (nSPS) is 19.6. The number of hydrogen-bond donors (Lipinski definition) is 2. The van der Waals surface area contributed by atoms with Crippen LogP contribution in [0.15, 0.2) is 30.9 Å². The molecule has 0 bridgehead atoms. The van der Waals surface area contributed by atoms with Crippen molar-refractivity contribution in [2.75, 3.05) is 13.1 Å². The first-order valence-corrected chi connectivity index (χ1v) is 5.76. The number of aromatic nitrogens is 2. The fraction of sp³-hybridized carbons (Fsp3) is 0.333. The maximum Gasteiger partial charge on any atom is 0.251 e. The average Bonchev–Trinajstić information content (AvgIpc) is 2.97. The lowest BCUT2D eigenvalue weighted by Crippen LogP contribution is -2.36. The number of rotatable bonds is 2. The first-order valence-electron chi connectivity index (χ1n) is 5.76. The summed E-state index contributed by atoms with van der Waals surface area (Å²) in [5, 5.41) is 6.25. The molecule has 1 saturated heterocycles. The largest absolute Gasteiger partial charge is 0.348 e. The Hall–Kier alpha value is -1.88. The number of nitrogens with one attached hydrogen (secondary N) is 2. The van der Waals surface area contributed by atoms with Gasteiger partial charge in [-0.1, -0.05) is 0 Å². The molecular formula is C12H14N4O. The van der Waals surface area contributed by atoms with Gasteiger partial charge in [-0.3, -0.25) is 4.79 Å². The third-order valence-electron chi connectivity index (χ3n) is 3.07. The molecule has 0 aliphatic carbocycles. The number of nitrogens with zero attached hydrogens (tertiary/aromatic N) is 2. The van der Waals surface area contributed by atoms with E-state index in [2.05, 4.69) is 15.6 Å². The number of carbonyl (C=O) groups is 1. The van der Waals surface area contributed by atoms with E-state index >= 15 is 0 Å². The highest BCUT2D eigenvalue weighted by atomic mass is 16.1. The van der Waals surface area contributed by atoms with Gasteiger partial charge >= 0.3 is 0 Å². The summed E-state index contributed by atoms with van der Waals surface area (Å²) in [6, 6.07) is 3.92. The molecule has 0 saturated carbocycles. The number of fused-ring (bicyclic) bond motifs is 1. The standard InChI is InChI=1S/C12H14N4O/c17-12(15-10-1-3-13-6-10)9-2-4-16-8-14-7-11(16)5-9/h2,4-5,7-8,10,13H,1,3,6H2,(H,15,17). The molecule has 1 atom stereocenters. The van der Waals surface area contributed by atoms with Crippen LogP contribution in [0.3, 0.4) is 0 Å². The van der Waals surface area contributed by atoms with Gasteiger partial charge in [0, 0.05) is 24.3 Å². The van der Waals surface area contributed by atoms with Gasteiger partial charge in [-0.05, 0) is 25.1 Å². The molecule has 1 amide bonds. The lowest BCUT2D eigenvalue weighted by atomic mass is 10.2. The van der Waals surface area contributed by atoms with Crippen molar-refractivity contribution in [3.05, 3.63) is 36.4 Å². The molecule has 0 radical (unpaired) electrons. The summed E-state index contributed by atoms with van der Waals surface area (Å²) >= 11 is 0. The highest BCUT2D eigenvalue weighted by molar-refractivity contribution is 5.95. The van der Waals surface area contributed by atoms with Gasteiger partial charge in [-0.2, -0.15) is 0 Å². The van der Waals surface area contributed by atoms with Crippen LogP contribution in [-0.4, -0.2) is 34.4 Å². The van der Waals surface area contributed by atoms with Crippen LogP contribution in [0.5, 0.6) is 0 Å². The second kappa shape index (κ2) is 4.18. The second-order valence-electron chi connectivity index (χ2n) is 4.30. The minimum atomic E-state index is -0.0117. The zero-order valence-corrected chi connectivity index (χ0v) is 9.39. The number of imidazole rings is 1. The first-order chi connectivity index (χ1) is 8.33. The van der Waals surface area contributed by atoms with Gasteiger partial charge in [-0.15, -0.1) is 0 Å². The molecule has 1 aliphatic heterocycles. The van der Waals surface area contributed by atoms with E-state index in [9.17, 15) is 4.79 Å². The fourth-order valence-electron chi connectivity index (χ4n) is 2.11. The minimum Gasteiger partial charge on any atom is -0.348 e. The van der Waals surface area contributed by atoms with Crippen LogP contribution in [0.1, 0.15) is 16.8 Å². The fourth-order valence-corrected chi connectivity index (χ4v) is 2.11. The van der Waals surface area contributed by atoms with Gasteiger partial charge in [0.1, 0.15) is 0 Å². The third-order valence-corrected chi connectivity index (χ3v) is 3.07. The number of amides is 1. The molecule has 5 heteroatoms. The Labute approximate surface area is 98.8 Å². The molecular weight excluding hydrogens is 216 g/mol. The quantitative estimate of drug-likeness (QED) is 0.786. The van der Waals surface area contributed by atoms with Crippen LogP contribution in [0.2, 0.25) is 0 Å². The Morgan fingerprint density at radius 1 is 1.59 bits per heavy atom. The van der Waals surface area contributed by atoms with Gasteiger partial charge in [0.05, 0.1) is 18.0 Å². The minimum absolute atomic E-state index is 0.0117. The van der Waals surface area contributed by atoms with E-state index in [1.54, 1.807) is 12.5 Å². The average molecular weight is 230 g/mol. The van der Waals surface area contributed by atoms with Crippen molar-refractivity contribution >= 4 is 11.4 Å². The zero-order valence-electron chi connectivity index (χ0n) is 9.39. The van der Waals surface area contributed by atoms with E-state index < -0.39 is 0 Å². The topological polar surface area (TPSA) is 58.4 Å². The summed E-state index contributed by atoms with van der Waals surface area (Å²) in [5.74, 6) is -0.0117. The van der Waals surface area contributed by atoms with Crippen molar-refractivity contribution in [1.82, 2.24) is 20.0 Å². The molecule has 2 N–H and O–H groups in total. The molecule has 1 unspecified atom stereocenters. The summed E-state index contributed by atoms with van der Waals surface area (Å²) in [4.78, 5) is 16.0. The molecule has 3 heterocycles. The van der Waals surface area contributed by atoms with Crippen molar-refractivity contribution < 1.29 is 4.79 Å². The summed E-state index contributed by atoms with van der Waals surface area (Å²) < 4.78 is 1.88. The second-order valence-corrected chi connectivity index (χ2v) is 4.30. The third kappa shape index (κ3) is 2.01. The van der Waals surface area contributed by atoms with E-state index in [1.807, 2.05) is 22.7 Å². The van der Waals surface area contributed by atoms with Gasteiger partial charge in [-0.25, -0.2) is 4.98 Å². The molecule has 0 spiro atoms. The Balaban J connectivity index is 1.79. The Morgan fingerprint density at radius 3 is 3.35 bits per heavy atom. The molecule has 88 valence electrons. The number of carbonyl (C=O) groups excluding carboxylic acids is 1. The molecule has 17 heavy (non-hydrogen) atoms. The molecule has 3 rings (SSSR count). The molecule has 2 aromatic heterocycles. The summed E-state index contributed by atoms with van der Waals surface area (Å²) in [5.41, 5.74) is 1.62. The van der Waals surface area contributed by atoms with E-state index in [0.717, 1.165) is 25.0 Å². The highest BCUT2D eigenvalue weighted by Crippen LogP contribution is 2.07. The summed E-state index contributed by atoms with van der Waals surface area (Å²) in [7, 11) is 0. The van der Waals surface area contributed by atoms with E-state index in [-0.39, 0.29) is 11.9 Å². The van der Waals surface area contributed by atoms with Crippen LogP contribution >= 0.6 is 0 Å². The summed E-state index contributed by atoms with van der Waals surface area (Å²) in [6.07, 6.45) is 6.32. The van der Waals surface area contributed by atoms with Gasteiger partial charge in [0.25, 0.3) is 5.91 Å². The Kier molecular flexibility index (Phi) is 2.53. The first kappa shape index (κ1) is 10.3. The van der Waals surface area contributed by atoms with Crippen LogP contribution < -0.4 is 10.6 Å². The Morgan fingerprint density at radius 2 is 2.53 bits per heavy atom. The SMILES string of the molecule is O=C(NC1CCNC1)c1ccn2cncc2c1. The van der Waals surface area contributed by atoms with Gasteiger partial charge < -0.3 is 15.0 Å². The Bertz CT molecular complexity index is 542.